The van der Waals surface area contributed by atoms with Gasteiger partial charge in [0.25, 0.3) is 0 Å². The number of allylic oxidation sites excluding steroid dienone is 18. The lowest BCUT2D eigenvalue weighted by Gasteiger charge is -2.48. The minimum Gasteiger partial charge on any atom is -0.394 e. The zero-order valence-corrected chi connectivity index (χ0v) is 49.4. The molecule has 3 fully saturated rings. The Bertz CT molecular complexity index is 1930. The molecule has 0 aromatic carbocycles. The van der Waals surface area contributed by atoms with Gasteiger partial charge in [-0.1, -0.05) is 175 Å². The average Bonchev–Trinajstić information content (AvgIpc) is 3.69. The van der Waals surface area contributed by atoms with Crippen LogP contribution >= 0.6 is 0 Å². The van der Waals surface area contributed by atoms with Gasteiger partial charge in [-0.3, -0.25) is 4.79 Å². The maximum Gasteiger partial charge on any atom is 0.220 e. The van der Waals surface area contributed by atoms with Crippen LogP contribution in [0.2, 0.25) is 0 Å². The molecule has 0 spiro atoms. The van der Waals surface area contributed by atoms with Gasteiger partial charge in [0.1, 0.15) is 73.2 Å². The highest BCUT2D eigenvalue weighted by atomic mass is 16.8. The number of carbonyl (C=O) groups excluding carboxylic acids is 1. The minimum atomic E-state index is -1.98. The van der Waals surface area contributed by atoms with E-state index in [0.717, 1.165) is 109 Å². The molecule has 17 unspecified atom stereocenters. The number of rotatable bonds is 43. The van der Waals surface area contributed by atoms with Crippen molar-refractivity contribution in [2.75, 3.05) is 26.4 Å². The van der Waals surface area contributed by atoms with Crippen molar-refractivity contribution in [2.24, 2.45) is 0 Å². The molecular formula is C64H105NO18. The summed E-state index contributed by atoms with van der Waals surface area (Å²) in [5.41, 5.74) is 0. The highest BCUT2D eigenvalue weighted by Crippen LogP contribution is 2.33. The van der Waals surface area contributed by atoms with Crippen molar-refractivity contribution >= 4 is 5.91 Å². The molecular weight excluding hydrogens is 1070 g/mol. The number of hydrogen-bond acceptors (Lipinski definition) is 18. The largest absolute Gasteiger partial charge is 0.394 e. The van der Waals surface area contributed by atoms with Crippen LogP contribution < -0.4 is 5.32 Å². The second-order valence-corrected chi connectivity index (χ2v) is 21.4. The topological polar surface area (TPSA) is 307 Å². The van der Waals surface area contributed by atoms with Crippen LogP contribution in [0.3, 0.4) is 0 Å². The Hall–Kier alpha value is -3.55. The van der Waals surface area contributed by atoms with Gasteiger partial charge in [-0.2, -0.15) is 0 Å². The summed E-state index contributed by atoms with van der Waals surface area (Å²) in [5, 5.41) is 120. The molecule has 3 aliphatic rings. The van der Waals surface area contributed by atoms with Crippen molar-refractivity contribution in [2.45, 2.75) is 259 Å². The van der Waals surface area contributed by atoms with Gasteiger partial charge in [0.05, 0.1) is 38.6 Å². The molecule has 3 heterocycles. The number of aliphatic hydroxyl groups excluding tert-OH is 11. The van der Waals surface area contributed by atoms with Crippen LogP contribution in [0.15, 0.2) is 109 Å². The van der Waals surface area contributed by atoms with E-state index in [4.69, 9.17) is 28.4 Å². The van der Waals surface area contributed by atoms with Crippen molar-refractivity contribution in [1.29, 1.82) is 0 Å². The lowest BCUT2D eigenvalue weighted by atomic mass is 9.96. The van der Waals surface area contributed by atoms with Gasteiger partial charge < -0.3 is 89.9 Å². The van der Waals surface area contributed by atoms with E-state index in [-0.39, 0.29) is 18.9 Å². The summed E-state index contributed by atoms with van der Waals surface area (Å²) >= 11 is 0. The first kappa shape index (κ1) is 73.7. The third-order valence-electron chi connectivity index (χ3n) is 14.6. The molecule has 3 saturated heterocycles. The number of nitrogens with one attached hydrogen (secondary N) is 1. The van der Waals surface area contributed by atoms with E-state index in [2.05, 4.69) is 129 Å². The molecule has 0 bridgehead atoms. The van der Waals surface area contributed by atoms with E-state index in [0.29, 0.717) is 19.3 Å². The minimum absolute atomic E-state index is 0.217. The Morgan fingerprint density at radius 3 is 1.29 bits per heavy atom. The average molecular weight is 1180 g/mol. The molecule has 83 heavy (non-hydrogen) atoms. The fourth-order valence-corrected chi connectivity index (χ4v) is 9.60. The van der Waals surface area contributed by atoms with Gasteiger partial charge in [0.2, 0.25) is 5.91 Å². The summed E-state index contributed by atoms with van der Waals surface area (Å²) in [6.45, 7) is 1.55. The fourth-order valence-electron chi connectivity index (χ4n) is 9.60. The van der Waals surface area contributed by atoms with Crippen LogP contribution in [-0.4, -0.2) is 193 Å². The molecule has 0 aromatic rings. The first-order chi connectivity index (χ1) is 40.3. The summed E-state index contributed by atoms with van der Waals surface area (Å²) in [5.74, 6) is -0.286. The molecule has 1 amide bonds. The zero-order valence-electron chi connectivity index (χ0n) is 49.4. The third kappa shape index (κ3) is 29.1. The molecule has 19 heteroatoms. The summed E-state index contributed by atoms with van der Waals surface area (Å²) in [4.78, 5) is 13.3. The molecule has 17 atom stereocenters. The zero-order chi connectivity index (χ0) is 60.5. The molecule has 19 nitrogen and oxygen atoms in total. The van der Waals surface area contributed by atoms with Crippen LogP contribution in [0, 0.1) is 0 Å². The summed E-state index contributed by atoms with van der Waals surface area (Å²) in [6, 6.07) is -0.910. The molecule has 0 radical (unpaired) electrons. The monoisotopic (exact) mass is 1180 g/mol. The van der Waals surface area contributed by atoms with Crippen LogP contribution in [0.25, 0.3) is 0 Å². The number of carbonyl (C=O) groups is 1. The molecule has 474 valence electrons. The van der Waals surface area contributed by atoms with Crippen LogP contribution in [0.4, 0.5) is 0 Å². The lowest BCUT2D eigenvalue weighted by molar-refractivity contribution is -0.379. The summed E-state index contributed by atoms with van der Waals surface area (Å²) in [7, 11) is 0. The van der Waals surface area contributed by atoms with Crippen LogP contribution in [-0.2, 0) is 33.2 Å². The van der Waals surface area contributed by atoms with Gasteiger partial charge in [-0.15, -0.1) is 0 Å². The van der Waals surface area contributed by atoms with E-state index < -0.39 is 124 Å². The first-order valence-electron chi connectivity index (χ1n) is 30.6. The van der Waals surface area contributed by atoms with E-state index >= 15 is 0 Å². The second-order valence-electron chi connectivity index (χ2n) is 21.4. The smallest absolute Gasteiger partial charge is 0.220 e. The van der Waals surface area contributed by atoms with E-state index in [1.54, 1.807) is 0 Å². The van der Waals surface area contributed by atoms with Crippen molar-refractivity contribution in [3.8, 4) is 0 Å². The van der Waals surface area contributed by atoms with Crippen molar-refractivity contribution in [3.05, 3.63) is 109 Å². The Balaban J connectivity index is 1.39. The van der Waals surface area contributed by atoms with E-state index in [1.165, 1.54) is 6.42 Å². The number of unbranched alkanes of at least 4 members (excludes halogenated alkanes) is 9. The molecule has 0 aliphatic carbocycles. The summed E-state index contributed by atoms with van der Waals surface area (Å²) in [6.07, 6.45) is 32.2. The number of amides is 1. The number of ether oxygens (including phenoxy) is 6. The maximum absolute atomic E-state index is 13.3. The lowest BCUT2D eigenvalue weighted by Crippen LogP contribution is -2.66. The van der Waals surface area contributed by atoms with Crippen molar-refractivity contribution in [1.82, 2.24) is 5.32 Å². The number of aliphatic hydroxyl groups is 11. The standard InChI is InChI=1S/C64H105NO18/c1-3-5-7-9-11-12-13-14-15-16-17-18-19-20-21-22-23-24-25-26-27-28-29-30-31-32-33-34-36-38-40-42-52(70)65-47(48(69)41-39-37-35-10-8-6-4-2)46-78-62-58(76)55(73)60(50(44-67)80-62)83-64-59(77)56(74)61(51(45-68)81-64)82-63-57(75)54(72)53(71)49(43-66)79-63/h5,7,11-12,14-15,17-18,20-21,23-24,26-27,29-30,32-33,47-51,53-64,66-69,71-77H,3-4,6,8-10,13,16,19,22,25,28,31,34-46H2,1-2H3,(H,65,70)/b7-5-,12-11-,15-14-,18-17-,21-20-,24-23-,27-26-,30-29-,33-32-. The van der Waals surface area contributed by atoms with Gasteiger partial charge in [0, 0.05) is 6.42 Å². The van der Waals surface area contributed by atoms with Gasteiger partial charge >= 0.3 is 0 Å². The SMILES string of the molecule is CC/C=C\C/C=C\C/C=C\C/C=C\C/C=C\C/C=C\C/C=C\C/C=C\C/C=C\CCCCCC(=O)NC(COC1OC(CO)C(OC2OC(CO)C(OC3OC(CO)C(O)C(O)C3O)C(O)C2O)C(O)C1O)C(O)CCCCCCCCC. The number of hydrogen-bond donors (Lipinski definition) is 12. The highest BCUT2D eigenvalue weighted by Gasteiger charge is 2.53. The maximum atomic E-state index is 13.3. The normalized spacial score (nSPS) is 30.2. The van der Waals surface area contributed by atoms with Crippen molar-refractivity contribution in [3.63, 3.8) is 0 Å². The highest BCUT2D eigenvalue weighted by molar-refractivity contribution is 5.76. The Kier molecular flexibility index (Phi) is 40.6. The van der Waals surface area contributed by atoms with Gasteiger partial charge in [0.15, 0.2) is 18.9 Å². The Labute approximate surface area is 494 Å². The van der Waals surface area contributed by atoms with Gasteiger partial charge in [-0.25, -0.2) is 0 Å². The van der Waals surface area contributed by atoms with Crippen LogP contribution in [0.1, 0.15) is 155 Å². The summed E-state index contributed by atoms with van der Waals surface area (Å²) < 4.78 is 34.2. The molecule has 0 saturated carbocycles. The first-order valence-corrected chi connectivity index (χ1v) is 30.6. The predicted molar refractivity (Wildman–Crippen MR) is 318 cm³/mol. The quantitative estimate of drug-likeness (QED) is 0.0249. The van der Waals surface area contributed by atoms with Crippen LogP contribution in [0.5, 0.6) is 0 Å². The molecule has 3 rings (SSSR count). The predicted octanol–water partition coefficient (Wildman–Crippen LogP) is 5.92. The fraction of sp³-hybridized carbons (Fsp3) is 0.703. The van der Waals surface area contributed by atoms with Gasteiger partial charge in [-0.05, 0) is 83.5 Å². The molecule has 12 N–H and O–H groups in total. The van der Waals surface area contributed by atoms with Crippen molar-refractivity contribution < 1.29 is 89.4 Å². The second kappa shape index (κ2) is 45.7. The third-order valence-corrected chi connectivity index (χ3v) is 14.6. The molecule has 0 aromatic heterocycles. The van der Waals surface area contributed by atoms with E-state index in [1.807, 2.05) is 0 Å². The Morgan fingerprint density at radius 2 is 0.831 bits per heavy atom. The van der Waals surface area contributed by atoms with E-state index in [9.17, 15) is 61.0 Å². The Morgan fingerprint density at radius 1 is 0.446 bits per heavy atom. The molecule has 3 aliphatic heterocycles.